The number of nitrogens with one attached hydrogen (secondary N) is 1. The Labute approximate surface area is 144 Å². The maximum Gasteiger partial charge on any atom is 0.209 e. The van der Waals surface area contributed by atoms with E-state index in [-0.39, 0.29) is 17.6 Å². The fraction of sp³-hybridized carbons (Fsp3) is 0.200. The van der Waals surface area contributed by atoms with E-state index >= 15 is 0 Å². The maximum absolute atomic E-state index is 12.8. The Morgan fingerprint density at radius 3 is 2.72 bits per heavy atom. The van der Waals surface area contributed by atoms with E-state index in [1.165, 1.54) is 0 Å². The summed E-state index contributed by atoms with van der Waals surface area (Å²) in [5.74, 6) is 1.18. The summed E-state index contributed by atoms with van der Waals surface area (Å²) in [6, 6.07) is 14.9. The second-order valence-electron chi connectivity index (χ2n) is 6.58. The lowest BCUT2D eigenvalue weighted by Gasteiger charge is -2.33. The van der Waals surface area contributed by atoms with E-state index in [0.29, 0.717) is 6.42 Å². The Morgan fingerprint density at radius 2 is 1.88 bits per heavy atom. The molecule has 0 amide bonds. The molecule has 1 aliphatic heterocycles. The van der Waals surface area contributed by atoms with E-state index in [4.69, 9.17) is 4.98 Å². The van der Waals surface area contributed by atoms with Crippen molar-refractivity contribution in [1.29, 1.82) is 0 Å². The van der Waals surface area contributed by atoms with Gasteiger partial charge in [-0.2, -0.15) is 0 Å². The average molecular weight is 331 g/mol. The van der Waals surface area contributed by atoms with Gasteiger partial charge >= 0.3 is 0 Å². The first-order valence-electron chi connectivity index (χ1n) is 8.51. The van der Waals surface area contributed by atoms with Gasteiger partial charge in [-0.05, 0) is 42.7 Å². The number of imidazole rings is 1. The molecule has 0 fully saturated rings. The van der Waals surface area contributed by atoms with Gasteiger partial charge in [0.15, 0.2) is 5.78 Å². The number of benzene rings is 2. The zero-order valence-corrected chi connectivity index (χ0v) is 13.6. The fourth-order valence-electron chi connectivity index (χ4n) is 3.94. The average Bonchev–Trinajstić information content (AvgIpc) is 2.99. The van der Waals surface area contributed by atoms with Crippen LogP contribution in [0.5, 0.6) is 5.75 Å². The van der Waals surface area contributed by atoms with E-state index in [9.17, 15) is 9.90 Å². The minimum Gasteiger partial charge on any atom is -0.508 e. The number of carbonyl (C=O) groups is 1. The molecule has 5 heteroatoms. The molecule has 2 heterocycles. The number of rotatable bonds is 1. The third kappa shape index (κ3) is 2.09. The monoisotopic (exact) mass is 331 g/mol. The molecule has 0 spiro atoms. The number of hydrogen-bond donors (Lipinski definition) is 2. The van der Waals surface area contributed by atoms with Gasteiger partial charge in [-0.25, -0.2) is 4.98 Å². The van der Waals surface area contributed by atoms with Gasteiger partial charge in [-0.15, -0.1) is 0 Å². The molecular weight excluding hydrogens is 314 g/mol. The summed E-state index contributed by atoms with van der Waals surface area (Å²) >= 11 is 0. The number of fused-ring (bicyclic) bond motifs is 3. The van der Waals surface area contributed by atoms with Crippen LogP contribution in [-0.2, 0) is 4.79 Å². The number of carbonyl (C=O) groups excluding carboxylic acids is 1. The lowest BCUT2D eigenvalue weighted by atomic mass is 9.85. The van der Waals surface area contributed by atoms with Crippen molar-refractivity contribution in [2.75, 3.05) is 5.32 Å². The van der Waals surface area contributed by atoms with Gasteiger partial charge in [0.25, 0.3) is 0 Å². The van der Waals surface area contributed by atoms with E-state index in [2.05, 4.69) is 9.88 Å². The zero-order valence-electron chi connectivity index (χ0n) is 13.6. The van der Waals surface area contributed by atoms with Gasteiger partial charge < -0.3 is 10.4 Å². The highest BCUT2D eigenvalue weighted by Crippen LogP contribution is 2.42. The minimum atomic E-state index is -0.216. The molecule has 0 saturated heterocycles. The first kappa shape index (κ1) is 14.3. The van der Waals surface area contributed by atoms with Crippen LogP contribution in [0.4, 0.5) is 5.95 Å². The van der Waals surface area contributed by atoms with Crippen LogP contribution in [0.2, 0.25) is 0 Å². The molecule has 2 aliphatic rings. The highest BCUT2D eigenvalue weighted by Gasteiger charge is 2.36. The summed E-state index contributed by atoms with van der Waals surface area (Å²) in [6.07, 6.45) is 2.31. The molecule has 1 aliphatic carbocycles. The van der Waals surface area contributed by atoms with Gasteiger partial charge in [0.05, 0.1) is 17.1 Å². The van der Waals surface area contributed by atoms with Gasteiger partial charge in [0.1, 0.15) is 5.75 Å². The van der Waals surface area contributed by atoms with Crippen LogP contribution in [-0.4, -0.2) is 20.4 Å². The van der Waals surface area contributed by atoms with E-state index in [1.54, 1.807) is 12.1 Å². The molecule has 5 rings (SSSR count). The Bertz CT molecular complexity index is 1030. The molecule has 0 bridgehead atoms. The standard InChI is InChI=1S/C20H17N3O2/c24-13-10-8-12(9-11-13)19-18-15(5-3-7-17(18)25)22-20-21-14-4-1-2-6-16(14)23(19)20/h1-2,4,6,8-11,19,24H,3,5,7H2,(H,21,22). The topological polar surface area (TPSA) is 67.1 Å². The van der Waals surface area contributed by atoms with Crippen LogP contribution in [0.25, 0.3) is 11.0 Å². The molecule has 5 nitrogen and oxygen atoms in total. The van der Waals surface area contributed by atoms with Crippen LogP contribution in [0.1, 0.15) is 30.9 Å². The number of phenolic OH excluding ortho intramolecular Hbond substituents is 1. The third-order valence-electron chi connectivity index (χ3n) is 5.06. The van der Waals surface area contributed by atoms with Crippen molar-refractivity contribution in [3.05, 3.63) is 65.4 Å². The second-order valence-corrected chi connectivity index (χ2v) is 6.58. The number of aromatic nitrogens is 2. The number of Topliss-reactive ketones (excluding diaryl/α,β-unsaturated/α-hetero) is 1. The van der Waals surface area contributed by atoms with Crippen molar-refractivity contribution in [1.82, 2.24) is 9.55 Å². The fourth-order valence-corrected chi connectivity index (χ4v) is 3.94. The summed E-state index contributed by atoms with van der Waals surface area (Å²) in [7, 11) is 0. The zero-order chi connectivity index (χ0) is 17.0. The highest BCUT2D eigenvalue weighted by atomic mass is 16.3. The summed E-state index contributed by atoms with van der Waals surface area (Å²) in [4.78, 5) is 17.5. The Kier molecular flexibility index (Phi) is 2.98. The first-order chi connectivity index (χ1) is 12.2. The van der Waals surface area contributed by atoms with E-state index < -0.39 is 0 Å². The summed E-state index contributed by atoms with van der Waals surface area (Å²) in [5, 5.41) is 13.0. The van der Waals surface area contributed by atoms with E-state index in [1.807, 2.05) is 36.4 Å². The molecule has 1 aromatic heterocycles. The molecule has 2 aromatic carbocycles. The van der Waals surface area contributed by atoms with Crippen molar-refractivity contribution in [3.63, 3.8) is 0 Å². The molecule has 0 radical (unpaired) electrons. The number of allylic oxidation sites excluding steroid dienone is 2. The van der Waals surface area contributed by atoms with Crippen LogP contribution < -0.4 is 5.32 Å². The Morgan fingerprint density at radius 1 is 1.08 bits per heavy atom. The smallest absolute Gasteiger partial charge is 0.209 e. The quantitative estimate of drug-likeness (QED) is 0.712. The second kappa shape index (κ2) is 5.21. The van der Waals surface area contributed by atoms with Gasteiger partial charge in [-0.3, -0.25) is 9.36 Å². The maximum atomic E-state index is 12.8. The molecule has 0 saturated carbocycles. The lowest BCUT2D eigenvalue weighted by molar-refractivity contribution is -0.116. The van der Waals surface area contributed by atoms with E-state index in [0.717, 1.165) is 46.7 Å². The van der Waals surface area contributed by atoms with Crippen molar-refractivity contribution in [2.24, 2.45) is 0 Å². The van der Waals surface area contributed by atoms with Gasteiger partial charge in [0.2, 0.25) is 5.95 Å². The Balaban J connectivity index is 1.81. The molecule has 2 N–H and O–H groups in total. The first-order valence-corrected chi connectivity index (χ1v) is 8.51. The van der Waals surface area contributed by atoms with Crippen molar-refractivity contribution in [3.8, 4) is 5.75 Å². The number of anilines is 1. The van der Waals surface area contributed by atoms with Crippen LogP contribution in [0.3, 0.4) is 0 Å². The molecule has 124 valence electrons. The van der Waals surface area contributed by atoms with Crippen LogP contribution >= 0.6 is 0 Å². The van der Waals surface area contributed by atoms with Crippen LogP contribution in [0.15, 0.2) is 59.8 Å². The summed E-state index contributed by atoms with van der Waals surface area (Å²) < 4.78 is 2.10. The normalized spacial score (nSPS) is 19.5. The van der Waals surface area contributed by atoms with Gasteiger partial charge in [0, 0.05) is 17.7 Å². The summed E-state index contributed by atoms with van der Waals surface area (Å²) in [5.41, 5.74) is 4.69. The minimum absolute atomic E-state index is 0.190. The number of aromatic hydroxyl groups is 1. The molecule has 1 atom stereocenters. The number of para-hydroxylation sites is 2. The van der Waals surface area contributed by atoms with Crippen molar-refractivity contribution < 1.29 is 9.90 Å². The number of hydrogen-bond acceptors (Lipinski definition) is 4. The highest BCUT2D eigenvalue weighted by molar-refractivity contribution is 6.00. The molecule has 3 aromatic rings. The molecular formula is C20H17N3O2. The lowest BCUT2D eigenvalue weighted by Crippen LogP contribution is -2.30. The predicted octanol–water partition coefficient (Wildman–Crippen LogP) is 3.76. The SMILES string of the molecule is O=C1CCCC2=C1C(c1ccc(O)cc1)n1c(nc3ccccc31)N2. The molecule has 1 unspecified atom stereocenters. The van der Waals surface area contributed by atoms with Crippen molar-refractivity contribution >= 4 is 22.8 Å². The number of ketones is 1. The third-order valence-corrected chi connectivity index (χ3v) is 5.06. The number of phenols is 1. The largest absolute Gasteiger partial charge is 0.508 e. The Hall–Kier alpha value is -3.08. The van der Waals surface area contributed by atoms with Gasteiger partial charge in [-0.1, -0.05) is 24.3 Å². The van der Waals surface area contributed by atoms with Crippen molar-refractivity contribution in [2.45, 2.75) is 25.3 Å². The van der Waals surface area contributed by atoms with Crippen LogP contribution in [0, 0.1) is 0 Å². The number of nitrogens with zero attached hydrogens (tertiary/aromatic N) is 2. The molecule has 25 heavy (non-hydrogen) atoms. The predicted molar refractivity (Wildman–Crippen MR) is 95.5 cm³/mol. The summed E-state index contributed by atoms with van der Waals surface area (Å²) in [6.45, 7) is 0.